The normalized spacial score (nSPS) is 7.60. The van der Waals surface area contributed by atoms with Gasteiger partial charge >= 0.3 is 11.9 Å². The molecule has 0 aromatic heterocycles. The van der Waals surface area contributed by atoms with Crippen LogP contribution in [-0.2, 0) is 26.7 Å². The third-order valence-electron chi connectivity index (χ3n) is 0.368. The molecule has 0 bridgehead atoms. The maximum Gasteiger partial charge on any atom is 0.328 e. The number of carboxylic acid groups (broad SMARTS) is 2. The Labute approximate surface area is 67.8 Å². The summed E-state index contributed by atoms with van der Waals surface area (Å²) in [7, 11) is 0. The molecule has 0 unspecified atom stereocenters. The molecule has 0 heterocycles. The monoisotopic (exact) mass is 189 g/mol. The summed E-state index contributed by atoms with van der Waals surface area (Å²) in [5, 5.41) is 15.6. The van der Waals surface area contributed by atoms with Crippen LogP contribution in [0.25, 0.3) is 0 Å². The van der Waals surface area contributed by atoms with Crippen molar-refractivity contribution in [2.45, 2.75) is 0 Å². The Bertz CT molecular complexity index is 128. The molecule has 0 saturated heterocycles. The number of carboxylic acids is 2. The quantitative estimate of drug-likeness (QED) is 0.414. The van der Waals surface area contributed by atoms with Gasteiger partial charge in [-0.25, -0.2) is 9.59 Å². The van der Waals surface area contributed by atoms with Gasteiger partial charge in [-0.1, -0.05) is 0 Å². The predicted molar refractivity (Wildman–Crippen MR) is 29.4 cm³/mol. The van der Waals surface area contributed by atoms with Gasteiger partial charge in [0.25, 0.3) is 0 Å². The van der Waals surface area contributed by atoms with Crippen LogP contribution in [-0.4, -0.2) is 22.2 Å². The first kappa shape index (κ1) is 16.1. The largest absolute Gasteiger partial charge is 0.478 e. The zero-order valence-electron chi connectivity index (χ0n) is 4.93. The second kappa shape index (κ2) is 8.16. The molecule has 0 atom stereocenters. The fourth-order valence-corrected chi connectivity index (χ4v) is 0.143. The molecule has 0 fully saturated rings. The van der Waals surface area contributed by atoms with Crippen molar-refractivity contribution in [1.29, 1.82) is 0 Å². The van der Waals surface area contributed by atoms with Gasteiger partial charge in [0.1, 0.15) is 0 Å². The molecule has 0 radical (unpaired) electrons. The molecular weight excluding hydrogens is 182 g/mol. The van der Waals surface area contributed by atoms with Gasteiger partial charge in [0.2, 0.25) is 0 Å². The number of aliphatic carboxylic acids is 2. The van der Waals surface area contributed by atoms with Crippen molar-refractivity contribution in [1.82, 2.24) is 6.15 Å². The summed E-state index contributed by atoms with van der Waals surface area (Å²) < 4.78 is 0. The van der Waals surface area contributed by atoms with Gasteiger partial charge < -0.3 is 16.4 Å². The molecule has 0 amide bonds. The van der Waals surface area contributed by atoms with Crippen LogP contribution in [0.4, 0.5) is 0 Å². The van der Waals surface area contributed by atoms with Crippen molar-refractivity contribution in [3.05, 3.63) is 12.2 Å². The van der Waals surface area contributed by atoms with Crippen molar-refractivity contribution in [2.75, 3.05) is 0 Å². The summed E-state index contributed by atoms with van der Waals surface area (Å²) in [6.07, 6.45) is 1.12. The summed E-state index contributed by atoms with van der Waals surface area (Å²) >= 11 is 0. The topological polar surface area (TPSA) is 110 Å². The standard InChI is InChI=1S/C4H4O4.Fe.H3N/c5-3(6)1-2-4(7)8;;/h1-2H,(H,5,6)(H,7,8);;1H3/b2-1+;;. The van der Waals surface area contributed by atoms with Crippen LogP contribution < -0.4 is 6.15 Å². The van der Waals surface area contributed by atoms with E-state index in [1.807, 2.05) is 0 Å². The van der Waals surface area contributed by atoms with E-state index in [0.29, 0.717) is 12.2 Å². The minimum absolute atomic E-state index is 0. The van der Waals surface area contributed by atoms with Gasteiger partial charge in [0, 0.05) is 29.2 Å². The summed E-state index contributed by atoms with van der Waals surface area (Å²) in [4.78, 5) is 19.1. The minimum Gasteiger partial charge on any atom is -0.478 e. The van der Waals surface area contributed by atoms with Gasteiger partial charge in [-0.05, 0) is 0 Å². The number of carbonyl (C=O) groups is 2. The van der Waals surface area contributed by atoms with Crippen LogP contribution in [0.3, 0.4) is 0 Å². The van der Waals surface area contributed by atoms with Crippen LogP contribution in [0.5, 0.6) is 0 Å². The van der Waals surface area contributed by atoms with E-state index in [-0.39, 0.29) is 23.2 Å². The van der Waals surface area contributed by atoms with E-state index in [1.165, 1.54) is 0 Å². The van der Waals surface area contributed by atoms with E-state index in [9.17, 15) is 9.59 Å². The molecule has 0 saturated carbocycles. The molecule has 0 aromatic carbocycles. The van der Waals surface area contributed by atoms with Crippen LogP contribution in [0.2, 0.25) is 0 Å². The molecule has 0 spiro atoms. The zero-order chi connectivity index (χ0) is 6.57. The Hall–Kier alpha value is -0.841. The zero-order valence-corrected chi connectivity index (χ0v) is 6.03. The van der Waals surface area contributed by atoms with E-state index < -0.39 is 11.9 Å². The van der Waals surface area contributed by atoms with Crippen molar-refractivity contribution in [3.63, 3.8) is 0 Å². The molecule has 0 aliphatic carbocycles. The third-order valence-corrected chi connectivity index (χ3v) is 0.368. The average molecular weight is 189 g/mol. The fourth-order valence-electron chi connectivity index (χ4n) is 0.143. The Morgan fingerprint density at radius 2 is 1.20 bits per heavy atom. The van der Waals surface area contributed by atoms with E-state index in [4.69, 9.17) is 10.2 Å². The van der Waals surface area contributed by atoms with Crippen LogP contribution in [0.1, 0.15) is 0 Å². The Balaban J connectivity index is -0.000000245. The van der Waals surface area contributed by atoms with Gasteiger partial charge in [-0.15, -0.1) is 0 Å². The van der Waals surface area contributed by atoms with E-state index in [1.54, 1.807) is 0 Å². The van der Waals surface area contributed by atoms with E-state index in [2.05, 4.69) is 0 Å². The first-order chi connectivity index (χ1) is 3.63. The summed E-state index contributed by atoms with van der Waals surface area (Å²) in [5.41, 5.74) is 0. The summed E-state index contributed by atoms with van der Waals surface area (Å²) in [6, 6.07) is 0. The second-order valence-electron chi connectivity index (χ2n) is 1.01. The maximum atomic E-state index is 9.55. The first-order valence-electron chi connectivity index (χ1n) is 1.77. The van der Waals surface area contributed by atoms with Gasteiger partial charge in [-0.2, -0.15) is 0 Å². The number of hydrogen-bond donors (Lipinski definition) is 3. The van der Waals surface area contributed by atoms with Gasteiger partial charge in [0.05, 0.1) is 0 Å². The number of rotatable bonds is 2. The molecular formula is C4H7FeNO4. The molecule has 5 N–H and O–H groups in total. The molecule has 0 aliphatic rings. The van der Waals surface area contributed by atoms with Crippen molar-refractivity contribution >= 4 is 11.9 Å². The average Bonchev–Trinajstić information content (AvgIpc) is 1.61. The molecule has 6 heteroatoms. The van der Waals surface area contributed by atoms with Crippen LogP contribution >= 0.6 is 0 Å². The smallest absolute Gasteiger partial charge is 0.328 e. The molecule has 0 rings (SSSR count). The Kier molecular flexibility index (Phi) is 13.1. The van der Waals surface area contributed by atoms with E-state index in [0.717, 1.165) is 0 Å². The van der Waals surface area contributed by atoms with Crippen molar-refractivity contribution in [3.8, 4) is 0 Å². The fraction of sp³-hybridized carbons (Fsp3) is 0. The van der Waals surface area contributed by atoms with Crippen molar-refractivity contribution in [2.24, 2.45) is 0 Å². The van der Waals surface area contributed by atoms with E-state index >= 15 is 0 Å². The molecule has 0 aliphatic heterocycles. The molecule has 10 heavy (non-hydrogen) atoms. The Morgan fingerprint density at radius 3 is 1.30 bits per heavy atom. The summed E-state index contributed by atoms with van der Waals surface area (Å²) in [5.74, 6) is -2.51. The SMILES string of the molecule is N.O=C(O)/C=C/C(=O)O.[Fe]. The van der Waals surface area contributed by atoms with Crippen LogP contribution in [0, 0.1) is 0 Å². The summed E-state index contributed by atoms with van der Waals surface area (Å²) in [6.45, 7) is 0. The van der Waals surface area contributed by atoms with Gasteiger partial charge in [-0.3, -0.25) is 0 Å². The molecule has 60 valence electrons. The molecule has 0 aromatic rings. The van der Waals surface area contributed by atoms with Crippen LogP contribution in [0.15, 0.2) is 12.2 Å². The number of hydrogen-bond acceptors (Lipinski definition) is 3. The predicted octanol–water partition coefficient (Wildman–Crippen LogP) is -0.129. The van der Waals surface area contributed by atoms with Gasteiger partial charge in [0.15, 0.2) is 0 Å². The second-order valence-corrected chi connectivity index (χ2v) is 1.01. The Morgan fingerprint density at radius 1 is 1.00 bits per heavy atom. The molecule has 5 nitrogen and oxygen atoms in total. The maximum absolute atomic E-state index is 9.55. The third kappa shape index (κ3) is 15.7. The first-order valence-corrected chi connectivity index (χ1v) is 1.77. The van der Waals surface area contributed by atoms with Crippen molar-refractivity contribution < 1.29 is 36.9 Å². The minimum atomic E-state index is -1.26.